The number of rotatable bonds is 2. The van der Waals surface area contributed by atoms with E-state index in [1.165, 1.54) is 0 Å². The highest BCUT2D eigenvalue weighted by Gasteiger charge is 2.12. The van der Waals surface area contributed by atoms with Gasteiger partial charge in [0.15, 0.2) is 11.6 Å². The van der Waals surface area contributed by atoms with Crippen LogP contribution in [-0.4, -0.2) is 24.7 Å². The third-order valence-electron chi connectivity index (χ3n) is 3.00. The number of fused-ring (bicyclic) bond motifs is 1. The van der Waals surface area contributed by atoms with E-state index in [1.54, 1.807) is 6.20 Å². The second-order valence-electron chi connectivity index (χ2n) is 4.47. The third-order valence-corrected chi connectivity index (χ3v) is 3.00. The fourth-order valence-corrected chi connectivity index (χ4v) is 1.97. The first kappa shape index (κ1) is 11.7. The van der Waals surface area contributed by atoms with Gasteiger partial charge in [0, 0.05) is 7.05 Å². The van der Waals surface area contributed by atoms with E-state index in [9.17, 15) is 0 Å². The highest BCUT2D eigenvalue weighted by molar-refractivity contribution is 5.79. The molecule has 0 saturated carbocycles. The zero-order valence-corrected chi connectivity index (χ0v) is 10.8. The van der Waals surface area contributed by atoms with E-state index in [0.717, 1.165) is 16.9 Å². The summed E-state index contributed by atoms with van der Waals surface area (Å²) in [7, 11) is 1.95. The second-order valence-corrected chi connectivity index (χ2v) is 4.47. The molecule has 19 heavy (non-hydrogen) atoms. The number of para-hydroxylation sites is 2. The van der Waals surface area contributed by atoms with E-state index in [-0.39, 0.29) is 6.04 Å². The Morgan fingerprint density at radius 3 is 2.63 bits per heavy atom. The van der Waals surface area contributed by atoms with Crippen LogP contribution in [-0.2, 0) is 7.05 Å². The number of nitrogens with zero attached hydrogens (tertiary/aromatic N) is 5. The van der Waals surface area contributed by atoms with Crippen LogP contribution in [0.1, 0.15) is 18.8 Å². The molecule has 2 aromatic heterocycles. The van der Waals surface area contributed by atoms with Crippen molar-refractivity contribution in [3.8, 4) is 11.5 Å². The summed E-state index contributed by atoms with van der Waals surface area (Å²) in [5.74, 6) is 1.28. The first-order chi connectivity index (χ1) is 9.16. The predicted octanol–water partition coefficient (Wildman–Crippen LogP) is 1.45. The normalized spacial score (nSPS) is 12.8. The standard InChI is InChI=1S/C13H14N6/c1-8(14)12-15-7-10(17-18-12)13-16-9-5-3-4-6-11(9)19(13)2/h3-8H,14H2,1-2H3. The van der Waals surface area contributed by atoms with Gasteiger partial charge in [0.05, 0.1) is 23.3 Å². The molecule has 3 aromatic rings. The van der Waals surface area contributed by atoms with Crippen LogP contribution in [0.3, 0.4) is 0 Å². The number of aryl methyl sites for hydroxylation is 1. The summed E-state index contributed by atoms with van der Waals surface area (Å²) in [5, 5.41) is 8.18. The van der Waals surface area contributed by atoms with Crippen LogP contribution in [0.25, 0.3) is 22.6 Å². The maximum absolute atomic E-state index is 5.71. The molecule has 3 rings (SSSR count). The molecule has 2 heterocycles. The van der Waals surface area contributed by atoms with Crippen molar-refractivity contribution in [3.05, 3.63) is 36.3 Å². The Bertz CT molecular complexity index is 714. The number of benzene rings is 1. The van der Waals surface area contributed by atoms with Crippen LogP contribution < -0.4 is 5.73 Å². The summed E-state index contributed by atoms with van der Waals surface area (Å²) in [6.07, 6.45) is 1.66. The van der Waals surface area contributed by atoms with Crippen molar-refractivity contribution in [2.45, 2.75) is 13.0 Å². The second kappa shape index (κ2) is 4.40. The molecule has 1 atom stereocenters. The van der Waals surface area contributed by atoms with Crippen LogP contribution in [0.5, 0.6) is 0 Å². The molecule has 0 saturated heterocycles. The zero-order valence-electron chi connectivity index (χ0n) is 10.8. The van der Waals surface area contributed by atoms with Crippen molar-refractivity contribution in [3.63, 3.8) is 0 Å². The molecule has 6 heteroatoms. The lowest BCUT2D eigenvalue weighted by Gasteiger charge is -2.03. The van der Waals surface area contributed by atoms with Gasteiger partial charge in [-0.1, -0.05) is 12.1 Å². The summed E-state index contributed by atoms with van der Waals surface area (Å²) in [5.41, 5.74) is 8.33. The average Bonchev–Trinajstić information content (AvgIpc) is 2.77. The van der Waals surface area contributed by atoms with Crippen molar-refractivity contribution in [1.29, 1.82) is 0 Å². The van der Waals surface area contributed by atoms with E-state index in [0.29, 0.717) is 11.5 Å². The Balaban J connectivity index is 2.11. The van der Waals surface area contributed by atoms with Gasteiger partial charge in [0.1, 0.15) is 5.69 Å². The van der Waals surface area contributed by atoms with E-state index >= 15 is 0 Å². The molecule has 6 nitrogen and oxygen atoms in total. The number of imidazole rings is 1. The SMILES string of the molecule is CC(N)c1ncc(-c2nc3ccccc3n2C)nn1. The number of aromatic nitrogens is 5. The van der Waals surface area contributed by atoms with Crippen LogP contribution >= 0.6 is 0 Å². The lowest BCUT2D eigenvalue weighted by Crippen LogP contribution is -2.11. The van der Waals surface area contributed by atoms with Gasteiger partial charge in [0.25, 0.3) is 0 Å². The Kier molecular flexibility index (Phi) is 2.72. The monoisotopic (exact) mass is 254 g/mol. The minimum Gasteiger partial charge on any atom is -0.326 e. The molecule has 0 aliphatic carbocycles. The molecule has 0 spiro atoms. The Hall–Kier alpha value is -2.34. The average molecular weight is 254 g/mol. The van der Waals surface area contributed by atoms with Crippen LogP contribution in [0, 0.1) is 0 Å². The number of hydrogen-bond donors (Lipinski definition) is 1. The molecule has 0 aliphatic rings. The van der Waals surface area contributed by atoms with Gasteiger partial charge in [0.2, 0.25) is 0 Å². The summed E-state index contributed by atoms with van der Waals surface area (Å²) >= 11 is 0. The van der Waals surface area contributed by atoms with Crippen molar-refractivity contribution < 1.29 is 0 Å². The van der Waals surface area contributed by atoms with E-state index < -0.39 is 0 Å². The van der Waals surface area contributed by atoms with Crippen molar-refractivity contribution in [1.82, 2.24) is 24.7 Å². The molecule has 1 unspecified atom stereocenters. The molecule has 2 N–H and O–H groups in total. The van der Waals surface area contributed by atoms with Crippen LogP contribution in [0.15, 0.2) is 30.5 Å². The Morgan fingerprint density at radius 2 is 2.00 bits per heavy atom. The number of hydrogen-bond acceptors (Lipinski definition) is 5. The molecule has 0 bridgehead atoms. The molecular formula is C13H14N6. The summed E-state index contributed by atoms with van der Waals surface area (Å²) in [6.45, 7) is 1.83. The zero-order chi connectivity index (χ0) is 13.4. The van der Waals surface area contributed by atoms with E-state index in [2.05, 4.69) is 20.2 Å². The Morgan fingerprint density at radius 1 is 1.21 bits per heavy atom. The molecule has 0 fully saturated rings. The fraction of sp³-hybridized carbons (Fsp3) is 0.231. The molecule has 96 valence electrons. The largest absolute Gasteiger partial charge is 0.326 e. The van der Waals surface area contributed by atoms with Gasteiger partial charge in [-0.2, -0.15) is 0 Å². The van der Waals surface area contributed by atoms with Gasteiger partial charge < -0.3 is 10.3 Å². The quantitative estimate of drug-likeness (QED) is 0.748. The molecule has 0 aliphatic heterocycles. The van der Waals surface area contributed by atoms with E-state index in [4.69, 9.17) is 5.73 Å². The molecule has 0 radical (unpaired) electrons. The van der Waals surface area contributed by atoms with Gasteiger partial charge in [-0.15, -0.1) is 10.2 Å². The smallest absolute Gasteiger partial charge is 0.167 e. The van der Waals surface area contributed by atoms with E-state index in [1.807, 2.05) is 42.8 Å². The minimum absolute atomic E-state index is 0.220. The maximum atomic E-state index is 5.71. The first-order valence-electron chi connectivity index (χ1n) is 6.04. The van der Waals surface area contributed by atoms with Gasteiger partial charge in [-0.25, -0.2) is 9.97 Å². The van der Waals surface area contributed by atoms with Gasteiger partial charge in [-0.3, -0.25) is 0 Å². The summed E-state index contributed by atoms with van der Waals surface area (Å²) in [6, 6.07) is 7.71. The fourth-order valence-electron chi connectivity index (χ4n) is 1.97. The van der Waals surface area contributed by atoms with Crippen molar-refractivity contribution >= 4 is 11.0 Å². The van der Waals surface area contributed by atoms with Gasteiger partial charge in [-0.05, 0) is 19.1 Å². The minimum atomic E-state index is -0.220. The van der Waals surface area contributed by atoms with Gasteiger partial charge >= 0.3 is 0 Å². The molecule has 0 amide bonds. The molecular weight excluding hydrogens is 240 g/mol. The Labute approximate surface area is 110 Å². The highest BCUT2D eigenvalue weighted by Crippen LogP contribution is 2.21. The maximum Gasteiger partial charge on any atom is 0.167 e. The summed E-state index contributed by atoms with van der Waals surface area (Å²) < 4.78 is 1.98. The third kappa shape index (κ3) is 1.96. The van der Waals surface area contributed by atoms with Crippen molar-refractivity contribution in [2.75, 3.05) is 0 Å². The molecule has 1 aromatic carbocycles. The lowest BCUT2D eigenvalue weighted by molar-refractivity contribution is 0.707. The van der Waals surface area contributed by atoms with Crippen molar-refractivity contribution in [2.24, 2.45) is 12.8 Å². The first-order valence-corrected chi connectivity index (χ1v) is 6.04. The number of nitrogens with two attached hydrogens (primary N) is 1. The topological polar surface area (TPSA) is 82.5 Å². The van der Waals surface area contributed by atoms with Crippen LogP contribution in [0.2, 0.25) is 0 Å². The predicted molar refractivity (Wildman–Crippen MR) is 72.1 cm³/mol. The van der Waals surface area contributed by atoms with Crippen LogP contribution in [0.4, 0.5) is 0 Å². The highest BCUT2D eigenvalue weighted by atomic mass is 15.2. The lowest BCUT2D eigenvalue weighted by atomic mass is 10.3. The summed E-state index contributed by atoms with van der Waals surface area (Å²) in [4.78, 5) is 8.76.